The minimum Gasteiger partial charge on any atom is -0.393 e. The zero-order valence-electron chi connectivity index (χ0n) is 20.2. The fraction of sp³-hybridized carbons (Fsp3) is 0.778. The molecule has 6 atom stereocenters. The number of fused-ring (bicyclic) bond motifs is 1. The van der Waals surface area contributed by atoms with Crippen molar-refractivity contribution in [1.82, 2.24) is 0 Å². The van der Waals surface area contributed by atoms with Crippen molar-refractivity contribution in [3.8, 4) is 0 Å². The fourth-order valence-electron chi connectivity index (χ4n) is 7.00. The normalized spacial score (nSPS) is 37.7. The maximum atomic E-state index is 14.6. The molecule has 182 valence electrons. The third-order valence-corrected chi connectivity index (χ3v) is 8.30. The SMILES string of the molecule is C=C1C(=CC=C2CCC[C@@]3(C)C2CC[C@@H]3[C@H](C)CC(F)(F)CC(C)(C)O)C[C@@H](O)CC1O. The lowest BCUT2D eigenvalue weighted by Gasteiger charge is -2.45. The standard InChI is InChI=1S/C27H42F2O3/c1-17(15-27(28,29)16-25(3,4)32)22-10-11-23-19(7-6-12-26(22,23)5)8-9-20-13-21(30)14-24(31)18(20)2/h8-9,17,21-24,30-32H,2,6-7,10-16H2,1,3-5H3/t17-,21-,22-,23?,24?,26-/m1/s1. The van der Waals surface area contributed by atoms with Crippen molar-refractivity contribution in [2.24, 2.45) is 23.2 Å². The lowest BCUT2D eigenvalue weighted by Crippen LogP contribution is -2.39. The van der Waals surface area contributed by atoms with Gasteiger partial charge < -0.3 is 15.3 Å². The Kier molecular flexibility index (Phi) is 7.44. The van der Waals surface area contributed by atoms with E-state index in [0.717, 1.165) is 37.7 Å². The van der Waals surface area contributed by atoms with E-state index in [4.69, 9.17) is 0 Å². The molecule has 3 saturated carbocycles. The molecule has 3 nitrogen and oxygen atoms in total. The molecule has 0 radical (unpaired) electrons. The number of allylic oxidation sites excluding steroid dienone is 3. The van der Waals surface area contributed by atoms with Crippen LogP contribution in [0, 0.1) is 23.2 Å². The maximum absolute atomic E-state index is 14.6. The van der Waals surface area contributed by atoms with Crippen molar-refractivity contribution in [3.63, 3.8) is 0 Å². The van der Waals surface area contributed by atoms with Gasteiger partial charge in [0.1, 0.15) is 0 Å². The first-order valence-electron chi connectivity index (χ1n) is 12.3. The van der Waals surface area contributed by atoms with Gasteiger partial charge in [-0.25, -0.2) is 8.78 Å². The molecule has 0 amide bonds. The van der Waals surface area contributed by atoms with E-state index in [1.807, 2.05) is 13.0 Å². The smallest absolute Gasteiger partial charge is 0.251 e. The predicted molar refractivity (Wildman–Crippen MR) is 124 cm³/mol. The zero-order chi connectivity index (χ0) is 23.9. The van der Waals surface area contributed by atoms with E-state index in [0.29, 0.717) is 24.3 Å². The zero-order valence-corrected chi connectivity index (χ0v) is 20.2. The van der Waals surface area contributed by atoms with Gasteiger partial charge in [-0.05, 0) is 86.7 Å². The Hall–Kier alpha value is -1.04. The molecule has 0 saturated heterocycles. The highest BCUT2D eigenvalue weighted by atomic mass is 19.3. The third kappa shape index (κ3) is 5.71. The van der Waals surface area contributed by atoms with E-state index in [9.17, 15) is 24.1 Å². The van der Waals surface area contributed by atoms with Crippen molar-refractivity contribution < 1.29 is 24.1 Å². The molecule has 3 rings (SSSR count). The number of hydrogen-bond donors (Lipinski definition) is 3. The van der Waals surface area contributed by atoms with Crippen LogP contribution in [0.5, 0.6) is 0 Å². The van der Waals surface area contributed by atoms with Crippen molar-refractivity contribution in [2.75, 3.05) is 0 Å². The Morgan fingerprint density at radius 2 is 1.91 bits per heavy atom. The number of aliphatic hydroxyl groups excluding tert-OH is 2. The molecule has 3 fully saturated rings. The van der Waals surface area contributed by atoms with Crippen LogP contribution in [0.25, 0.3) is 0 Å². The molecule has 0 aromatic rings. The molecule has 3 aliphatic rings. The van der Waals surface area contributed by atoms with Crippen LogP contribution in [-0.2, 0) is 0 Å². The predicted octanol–water partition coefficient (Wildman–Crippen LogP) is 5.95. The lowest BCUT2D eigenvalue weighted by molar-refractivity contribution is -0.0949. The van der Waals surface area contributed by atoms with Crippen molar-refractivity contribution in [2.45, 2.75) is 109 Å². The summed E-state index contributed by atoms with van der Waals surface area (Å²) < 4.78 is 29.3. The van der Waals surface area contributed by atoms with E-state index in [1.54, 1.807) is 0 Å². The van der Waals surface area contributed by atoms with Crippen LogP contribution >= 0.6 is 0 Å². The number of hydrogen-bond acceptors (Lipinski definition) is 3. The van der Waals surface area contributed by atoms with Crippen LogP contribution in [0.15, 0.2) is 35.5 Å². The molecule has 0 bridgehead atoms. The molecule has 3 aliphatic carbocycles. The Bertz CT molecular complexity index is 763. The molecule has 0 spiro atoms. The van der Waals surface area contributed by atoms with Gasteiger partial charge in [0.2, 0.25) is 0 Å². The molecule has 2 unspecified atom stereocenters. The monoisotopic (exact) mass is 452 g/mol. The average Bonchev–Trinajstić information content (AvgIpc) is 2.98. The minimum absolute atomic E-state index is 0.00935. The summed E-state index contributed by atoms with van der Waals surface area (Å²) in [5.41, 5.74) is 1.61. The van der Waals surface area contributed by atoms with E-state index in [-0.39, 0.29) is 23.7 Å². The Balaban J connectivity index is 1.75. The third-order valence-electron chi connectivity index (χ3n) is 8.30. The van der Waals surface area contributed by atoms with Gasteiger partial charge >= 0.3 is 0 Å². The van der Waals surface area contributed by atoms with E-state index in [1.165, 1.54) is 19.4 Å². The number of halogens is 2. The van der Waals surface area contributed by atoms with Crippen molar-refractivity contribution in [3.05, 3.63) is 35.5 Å². The van der Waals surface area contributed by atoms with Gasteiger partial charge in [0, 0.05) is 19.3 Å². The summed E-state index contributed by atoms with van der Waals surface area (Å²) in [7, 11) is 0. The largest absolute Gasteiger partial charge is 0.393 e. The summed E-state index contributed by atoms with van der Waals surface area (Å²) in [6.07, 6.45) is 8.20. The van der Waals surface area contributed by atoms with Crippen LogP contribution in [0.1, 0.15) is 85.5 Å². The minimum atomic E-state index is -2.87. The first-order valence-corrected chi connectivity index (χ1v) is 12.3. The number of rotatable bonds is 6. The second-order valence-corrected chi connectivity index (χ2v) is 11.7. The molecular weight excluding hydrogens is 410 g/mol. The molecule has 0 aromatic carbocycles. The van der Waals surface area contributed by atoms with Crippen molar-refractivity contribution in [1.29, 1.82) is 0 Å². The molecule has 32 heavy (non-hydrogen) atoms. The number of alkyl halides is 2. The molecule has 0 aliphatic heterocycles. The highest BCUT2D eigenvalue weighted by molar-refractivity contribution is 5.38. The van der Waals surface area contributed by atoms with Crippen molar-refractivity contribution >= 4 is 0 Å². The van der Waals surface area contributed by atoms with Crippen LogP contribution in [0.2, 0.25) is 0 Å². The van der Waals surface area contributed by atoms with Crippen LogP contribution in [0.3, 0.4) is 0 Å². The average molecular weight is 453 g/mol. The molecule has 3 N–H and O–H groups in total. The molecular formula is C27H42F2O3. The van der Waals surface area contributed by atoms with Gasteiger partial charge in [-0.3, -0.25) is 0 Å². The summed E-state index contributed by atoms with van der Waals surface area (Å²) in [6, 6.07) is 0. The first-order chi connectivity index (χ1) is 14.7. The summed E-state index contributed by atoms with van der Waals surface area (Å²) in [5, 5.41) is 30.0. The topological polar surface area (TPSA) is 60.7 Å². The van der Waals surface area contributed by atoms with Gasteiger partial charge in [0.25, 0.3) is 5.92 Å². The summed E-state index contributed by atoms with van der Waals surface area (Å²) >= 11 is 0. The highest BCUT2D eigenvalue weighted by Crippen LogP contribution is 2.60. The van der Waals surface area contributed by atoms with Crippen LogP contribution in [-0.4, -0.2) is 39.1 Å². The summed E-state index contributed by atoms with van der Waals surface area (Å²) in [4.78, 5) is 0. The van der Waals surface area contributed by atoms with E-state index >= 15 is 0 Å². The second kappa shape index (κ2) is 9.31. The van der Waals surface area contributed by atoms with E-state index < -0.39 is 30.2 Å². The Morgan fingerprint density at radius 3 is 2.56 bits per heavy atom. The van der Waals surface area contributed by atoms with Crippen LogP contribution in [0.4, 0.5) is 8.78 Å². The molecule has 5 heteroatoms. The lowest BCUT2D eigenvalue weighted by atomic mass is 9.60. The first kappa shape index (κ1) is 25.6. The Morgan fingerprint density at radius 1 is 1.22 bits per heavy atom. The van der Waals surface area contributed by atoms with Gasteiger partial charge in [0.05, 0.1) is 17.8 Å². The quantitative estimate of drug-likeness (QED) is 0.467. The van der Waals surface area contributed by atoms with Gasteiger partial charge in [0.15, 0.2) is 0 Å². The molecule has 0 aromatic heterocycles. The maximum Gasteiger partial charge on any atom is 0.251 e. The number of aliphatic hydroxyl groups is 3. The van der Waals surface area contributed by atoms with Gasteiger partial charge in [-0.1, -0.05) is 38.2 Å². The highest BCUT2D eigenvalue weighted by Gasteiger charge is 2.52. The second-order valence-electron chi connectivity index (χ2n) is 11.7. The van der Waals surface area contributed by atoms with E-state index in [2.05, 4.69) is 19.6 Å². The summed E-state index contributed by atoms with van der Waals surface area (Å²) in [5.74, 6) is -2.35. The van der Waals surface area contributed by atoms with Gasteiger partial charge in [-0.15, -0.1) is 0 Å². The van der Waals surface area contributed by atoms with Gasteiger partial charge in [-0.2, -0.15) is 0 Å². The molecule has 0 heterocycles. The Labute approximate surface area is 192 Å². The summed E-state index contributed by atoms with van der Waals surface area (Å²) in [6.45, 7) is 11.1. The van der Waals surface area contributed by atoms with Crippen LogP contribution < -0.4 is 0 Å². The fourth-order valence-corrected chi connectivity index (χ4v) is 7.00.